The van der Waals surface area contributed by atoms with E-state index in [1.807, 2.05) is 39.0 Å². The quantitative estimate of drug-likeness (QED) is 0.888. The van der Waals surface area contributed by atoms with Crippen LogP contribution in [0.15, 0.2) is 36.4 Å². The lowest BCUT2D eigenvalue weighted by Crippen LogP contribution is -2.36. The summed E-state index contributed by atoms with van der Waals surface area (Å²) in [5.41, 5.74) is 10.2. The Morgan fingerprint density at radius 3 is 2.20 bits per heavy atom. The minimum Gasteiger partial charge on any atom is -0.318 e. The molecule has 20 heavy (non-hydrogen) atoms. The minimum atomic E-state index is -0.825. The molecule has 106 valence electrons. The molecule has 0 aromatic heterocycles. The summed E-state index contributed by atoms with van der Waals surface area (Å²) in [6.07, 6.45) is 0.986. The topological polar surface area (TPSA) is 26.0 Å². The van der Waals surface area contributed by atoms with E-state index >= 15 is 0 Å². The highest BCUT2D eigenvalue weighted by molar-refractivity contribution is 5.44. The van der Waals surface area contributed by atoms with Crippen LogP contribution in [0.25, 0.3) is 0 Å². The van der Waals surface area contributed by atoms with E-state index in [9.17, 15) is 4.39 Å². The first-order chi connectivity index (χ1) is 9.36. The van der Waals surface area contributed by atoms with Crippen LogP contribution in [0.3, 0.4) is 0 Å². The third kappa shape index (κ3) is 2.61. The lowest BCUT2D eigenvalue weighted by atomic mass is 9.82. The van der Waals surface area contributed by atoms with Crippen LogP contribution in [0.4, 0.5) is 4.39 Å². The van der Waals surface area contributed by atoms with Crippen molar-refractivity contribution < 1.29 is 4.39 Å². The molecule has 2 aromatic carbocycles. The van der Waals surface area contributed by atoms with Crippen molar-refractivity contribution in [1.29, 1.82) is 0 Å². The highest BCUT2D eigenvalue weighted by Crippen LogP contribution is 2.32. The van der Waals surface area contributed by atoms with Gasteiger partial charge in [0.25, 0.3) is 0 Å². The fourth-order valence-corrected chi connectivity index (χ4v) is 2.80. The van der Waals surface area contributed by atoms with Crippen molar-refractivity contribution in [2.24, 2.45) is 5.73 Å². The van der Waals surface area contributed by atoms with Crippen molar-refractivity contribution >= 4 is 0 Å². The first kappa shape index (κ1) is 14.7. The Hall–Kier alpha value is -1.67. The second-order valence-corrected chi connectivity index (χ2v) is 5.69. The maximum atomic E-state index is 14.4. The number of aryl methyl sites for hydroxylation is 3. The lowest BCUT2D eigenvalue weighted by Gasteiger charge is -2.28. The van der Waals surface area contributed by atoms with Crippen molar-refractivity contribution in [3.8, 4) is 0 Å². The standard InChI is InChI=1S/C18H22FN/c1-5-14-6-8-15(9-7-14)18(4,20)17-13(3)10-12(2)11-16(17)19/h6-11H,5,20H2,1-4H3. The van der Waals surface area contributed by atoms with E-state index < -0.39 is 5.54 Å². The molecule has 0 aliphatic heterocycles. The first-order valence-electron chi connectivity index (χ1n) is 7.01. The van der Waals surface area contributed by atoms with E-state index in [-0.39, 0.29) is 5.82 Å². The van der Waals surface area contributed by atoms with Gasteiger partial charge in [-0.2, -0.15) is 0 Å². The molecule has 0 radical (unpaired) electrons. The van der Waals surface area contributed by atoms with Gasteiger partial charge in [-0.1, -0.05) is 37.3 Å². The second-order valence-electron chi connectivity index (χ2n) is 5.69. The Morgan fingerprint density at radius 2 is 1.70 bits per heavy atom. The average molecular weight is 271 g/mol. The molecule has 2 heteroatoms. The number of halogens is 1. The van der Waals surface area contributed by atoms with Crippen molar-refractivity contribution in [2.45, 2.75) is 39.7 Å². The van der Waals surface area contributed by atoms with Crippen LogP contribution in [0.5, 0.6) is 0 Å². The monoisotopic (exact) mass is 271 g/mol. The molecule has 0 amide bonds. The maximum absolute atomic E-state index is 14.4. The predicted molar refractivity (Wildman–Crippen MR) is 82.3 cm³/mol. The molecule has 1 atom stereocenters. The summed E-state index contributed by atoms with van der Waals surface area (Å²) in [7, 11) is 0. The molecule has 2 rings (SSSR count). The van der Waals surface area contributed by atoms with E-state index in [1.165, 1.54) is 5.56 Å². The summed E-state index contributed by atoms with van der Waals surface area (Å²) < 4.78 is 14.4. The van der Waals surface area contributed by atoms with Gasteiger partial charge in [-0.15, -0.1) is 0 Å². The third-order valence-electron chi connectivity index (χ3n) is 3.91. The zero-order valence-electron chi connectivity index (χ0n) is 12.6. The molecule has 0 spiro atoms. The van der Waals surface area contributed by atoms with Gasteiger partial charge in [0, 0.05) is 5.56 Å². The summed E-state index contributed by atoms with van der Waals surface area (Å²) in [6, 6.07) is 11.6. The van der Waals surface area contributed by atoms with Crippen LogP contribution in [0.2, 0.25) is 0 Å². The summed E-state index contributed by atoms with van der Waals surface area (Å²) >= 11 is 0. The fourth-order valence-electron chi connectivity index (χ4n) is 2.80. The molecule has 1 nitrogen and oxygen atoms in total. The van der Waals surface area contributed by atoms with Gasteiger partial charge in [-0.3, -0.25) is 0 Å². The highest BCUT2D eigenvalue weighted by Gasteiger charge is 2.28. The summed E-state index contributed by atoms with van der Waals surface area (Å²) in [6.45, 7) is 7.79. The lowest BCUT2D eigenvalue weighted by molar-refractivity contribution is 0.526. The minimum absolute atomic E-state index is 0.230. The highest BCUT2D eigenvalue weighted by atomic mass is 19.1. The Kier molecular flexibility index (Phi) is 3.96. The molecule has 0 aliphatic carbocycles. The Morgan fingerprint density at radius 1 is 1.10 bits per heavy atom. The predicted octanol–water partition coefficient (Wildman–Crippen LogP) is 4.23. The van der Waals surface area contributed by atoms with E-state index in [0.29, 0.717) is 5.56 Å². The van der Waals surface area contributed by atoms with Crippen molar-refractivity contribution in [3.05, 3.63) is 70.0 Å². The summed E-state index contributed by atoms with van der Waals surface area (Å²) in [4.78, 5) is 0. The van der Waals surface area contributed by atoms with Gasteiger partial charge in [-0.25, -0.2) is 4.39 Å². The van der Waals surface area contributed by atoms with Crippen molar-refractivity contribution in [3.63, 3.8) is 0 Å². The number of benzene rings is 2. The van der Waals surface area contributed by atoms with Gasteiger partial charge in [-0.05, 0) is 55.5 Å². The largest absolute Gasteiger partial charge is 0.318 e. The van der Waals surface area contributed by atoms with E-state index in [1.54, 1.807) is 6.07 Å². The molecule has 0 saturated heterocycles. The Bertz CT molecular complexity index is 589. The first-order valence-corrected chi connectivity index (χ1v) is 7.01. The van der Waals surface area contributed by atoms with Crippen LogP contribution < -0.4 is 5.73 Å². The third-order valence-corrected chi connectivity index (χ3v) is 3.91. The van der Waals surface area contributed by atoms with E-state index in [0.717, 1.165) is 23.1 Å². The molecular weight excluding hydrogens is 249 g/mol. The van der Waals surface area contributed by atoms with Crippen LogP contribution in [-0.4, -0.2) is 0 Å². The molecule has 0 bridgehead atoms. The van der Waals surface area contributed by atoms with Gasteiger partial charge in [0.1, 0.15) is 5.82 Å². The number of nitrogens with two attached hydrogens (primary N) is 1. The number of rotatable bonds is 3. The maximum Gasteiger partial charge on any atom is 0.129 e. The Balaban J connectivity index is 2.53. The molecular formula is C18H22FN. The molecule has 0 heterocycles. The van der Waals surface area contributed by atoms with Gasteiger partial charge in [0.15, 0.2) is 0 Å². The molecule has 0 fully saturated rings. The summed E-state index contributed by atoms with van der Waals surface area (Å²) in [5.74, 6) is -0.230. The fraction of sp³-hybridized carbons (Fsp3) is 0.333. The van der Waals surface area contributed by atoms with Crippen molar-refractivity contribution in [2.75, 3.05) is 0 Å². The van der Waals surface area contributed by atoms with Crippen LogP contribution in [0, 0.1) is 19.7 Å². The number of hydrogen-bond donors (Lipinski definition) is 1. The molecule has 2 aromatic rings. The van der Waals surface area contributed by atoms with Gasteiger partial charge < -0.3 is 5.73 Å². The van der Waals surface area contributed by atoms with Crippen LogP contribution in [-0.2, 0) is 12.0 Å². The van der Waals surface area contributed by atoms with E-state index in [4.69, 9.17) is 5.73 Å². The summed E-state index contributed by atoms with van der Waals surface area (Å²) in [5, 5.41) is 0. The number of hydrogen-bond acceptors (Lipinski definition) is 1. The Labute approximate surface area is 120 Å². The molecule has 2 N–H and O–H groups in total. The average Bonchev–Trinajstić information content (AvgIpc) is 2.37. The zero-order chi connectivity index (χ0) is 14.9. The smallest absolute Gasteiger partial charge is 0.129 e. The molecule has 1 unspecified atom stereocenters. The van der Waals surface area contributed by atoms with Crippen LogP contribution in [0.1, 0.15) is 41.7 Å². The SMILES string of the molecule is CCc1ccc(C(C)(N)c2c(C)cc(C)cc2F)cc1. The van der Waals surface area contributed by atoms with Gasteiger partial charge >= 0.3 is 0 Å². The second kappa shape index (κ2) is 5.37. The zero-order valence-corrected chi connectivity index (χ0v) is 12.6. The van der Waals surface area contributed by atoms with E-state index in [2.05, 4.69) is 19.1 Å². The van der Waals surface area contributed by atoms with Gasteiger partial charge in [0.05, 0.1) is 5.54 Å². The van der Waals surface area contributed by atoms with Gasteiger partial charge in [0.2, 0.25) is 0 Å². The van der Waals surface area contributed by atoms with Crippen LogP contribution >= 0.6 is 0 Å². The van der Waals surface area contributed by atoms with Crippen molar-refractivity contribution in [1.82, 2.24) is 0 Å². The molecule has 0 saturated carbocycles. The normalized spacial score (nSPS) is 14.1. The molecule has 0 aliphatic rings.